The average molecular weight is 250 g/mol. The van der Waals surface area contributed by atoms with Crippen LogP contribution in [0.1, 0.15) is 46.0 Å². The van der Waals surface area contributed by atoms with E-state index in [1.807, 2.05) is 0 Å². The van der Waals surface area contributed by atoms with Gasteiger partial charge in [-0.1, -0.05) is 39.5 Å². The molecule has 0 aromatic rings. The molecule has 1 unspecified atom stereocenters. The molecule has 4 heteroatoms. The summed E-state index contributed by atoms with van der Waals surface area (Å²) in [6.07, 6.45) is 5.38. The van der Waals surface area contributed by atoms with E-state index in [1.54, 1.807) is 0 Å². The number of halogens is 1. The van der Waals surface area contributed by atoms with Crippen molar-refractivity contribution in [2.75, 3.05) is 6.61 Å². The Bertz CT molecular complexity index is 203. The molecule has 1 atom stereocenters. The van der Waals surface area contributed by atoms with Crippen LogP contribution in [0.5, 0.6) is 0 Å². The first-order valence-electron chi connectivity index (χ1n) is 6.09. The van der Waals surface area contributed by atoms with E-state index in [2.05, 4.69) is 13.8 Å². The van der Waals surface area contributed by atoms with Crippen molar-refractivity contribution in [3.8, 4) is 0 Å². The number of esters is 1. The minimum Gasteiger partial charge on any atom is -0.464 e. The molecule has 0 heterocycles. The van der Waals surface area contributed by atoms with Gasteiger partial charge in [0.05, 0.1) is 6.61 Å². The van der Waals surface area contributed by atoms with Gasteiger partial charge in [-0.05, 0) is 18.3 Å². The van der Waals surface area contributed by atoms with E-state index >= 15 is 0 Å². The second kappa shape index (κ2) is 7.91. The molecule has 1 rings (SSSR count). The number of hydrogen-bond donors (Lipinski definition) is 1. The first-order chi connectivity index (χ1) is 7.17. The predicted octanol–water partition coefficient (Wildman–Crippen LogP) is 2.52. The molecule has 1 fully saturated rings. The summed E-state index contributed by atoms with van der Waals surface area (Å²) in [4.78, 5) is 11.5. The summed E-state index contributed by atoms with van der Waals surface area (Å²) in [5.74, 6) is 0.955. The first kappa shape index (κ1) is 15.7. The van der Waals surface area contributed by atoms with Gasteiger partial charge in [0.1, 0.15) is 6.04 Å². The zero-order valence-electron chi connectivity index (χ0n) is 10.3. The van der Waals surface area contributed by atoms with Crippen LogP contribution in [-0.4, -0.2) is 18.6 Å². The van der Waals surface area contributed by atoms with Crippen LogP contribution in [0.25, 0.3) is 0 Å². The molecule has 0 spiro atoms. The van der Waals surface area contributed by atoms with Crippen LogP contribution in [0, 0.1) is 11.8 Å². The highest BCUT2D eigenvalue weighted by atomic mass is 35.5. The number of carbonyl (C=O) groups is 1. The Morgan fingerprint density at radius 2 is 1.94 bits per heavy atom. The molecule has 16 heavy (non-hydrogen) atoms. The van der Waals surface area contributed by atoms with E-state index in [0.29, 0.717) is 18.4 Å². The normalized spacial score (nSPS) is 16.8. The zero-order chi connectivity index (χ0) is 11.3. The molecule has 0 aromatic carbocycles. The Morgan fingerprint density at radius 3 is 2.38 bits per heavy atom. The minimum absolute atomic E-state index is 0. The molecule has 3 nitrogen and oxygen atoms in total. The summed E-state index contributed by atoms with van der Waals surface area (Å²) in [6, 6.07) is -0.396. The largest absolute Gasteiger partial charge is 0.464 e. The Kier molecular flexibility index (Phi) is 7.77. The molecule has 0 bridgehead atoms. The van der Waals surface area contributed by atoms with E-state index < -0.39 is 6.04 Å². The van der Waals surface area contributed by atoms with E-state index in [-0.39, 0.29) is 18.4 Å². The van der Waals surface area contributed by atoms with Crippen molar-refractivity contribution in [1.82, 2.24) is 0 Å². The Balaban J connectivity index is 0.00000225. The van der Waals surface area contributed by atoms with Crippen LogP contribution < -0.4 is 5.73 Å². The van der Waals surface area contributed by atoms with Gasteiger partial charge in [-0.2, -0.15) is 0 Å². The summed E-state index contributed by atoms with van der Waals surface area (Å²) in [6.45, 7) is 4.77. The third-order valence-electron chi connectivity index (χ3n) is 3.20. The van der Waals surface area contributed by atoms with Crippen molar-refractivity contribution in [1.29, 1.82) is 0 Å². The number of hydrogen-bond acceptors (Lipinski definition) is 3. The van der Waals surface area contributed by atoms with Crippen molar-refractivity contribution < 1.29 is 9.53 Å². The highest BCUT2D eigenvalue weighted by Crippen LogP contribution is 2.33. The SMILES string of the molecule is CCC(CC)COC(=O)C(N)CC1CC1.Cl. The second-order valence-electron chi connectivity index (χ2n) is 4.60. The quantitative estimate of drug-likeness (QED) is 0.706. The molecule has 0 amide bonds. The van der Waals surface area contributed by atoms with Crippen LogP contribution in [0.15, 0.2) is 0 Å². The van der Waals surface area contributed by atoms with Gasteiger partial charge in [0.25, 0.3) is 0 Å². The molecule has 96 valence electrons. The Labute approximate surface area is 105 Å². The number of carbonyl (C=O) groups excluding carboxylic acids is 1. The van der Waals surface area contributed by atoms with Gasteiger partial charge in [0, 0.05) is 0 Å². The topological polar surface area (TPSA) is 52.3 Å². The van der Waals surface area contributed by atoms with Gasteiger partial charge >= 0.3 is 5.97 Å². The summed E-state index contributed by atoms with van der Waals surface area (Å²) in [5, 5.41) is 0. The van der Waals surface area contributed by atoms with Crippen LogP contribution in [-0.2, 0) is 9.53 Å². The maximum Gasteiger partial charge on any atom is 0.322 e. The molecular formula is C12H24ClNO2. The lowest BCUT2D eigenvalue weighted by Gasteiger charge is -2.15. The average Bonchev–Trinajstić information content (AvgIpc) is 3.02. The maximum absolute atomic E-state index is 11.5. The molecule has 0 saturated heterocycles. The summed E-state index contributed by atoms with van der Waals surface area (Å²) < 4.78 is 5.21. The van der Waals surface area contributed by atoms with Crippen LogP contribution >= 0.6 is 12.4 Å². The lowest BCUT2D eigenvalue weighted by Crippen LogP contribution is -2.33. The van der Waals surface area contributed by atoms with Crippen LogP contribution in [0.4, 0.5) is 0 Å². The molecule has 1 aliphatic rings. The lowest BCUT2D eigenvalue weighted by molar-refractivity contribution is -0.146. The van der Waals surface area contributed by atoms with E-state index in [4.69, 9.17) is 10.5 Å². The van der Waals surface area contributed by atoms with Gasteiger partial charge in [0.2, 0.25) is 0 Å². The summed E-state index contributed by atoms with van der Waals surface area (Å²) >= 11 is 0. The fourth-order valence-electron chi connectivity index (χ4n) is 1.64. The molecule has 0 radical (unpaired) electrons. The smallest absolute Gasteiger partial charge is 0.322 e. The Morgan fingerprint density at radius 1 is 1.38 bits per heavy atom. The third kappa shape index (κ3) is 5.71. The highest BCUT2D eigenvalue weighted by Gasteiger charge is 2.27. The molecular weight excluding hydrogens is 226 g/mol. The summed E-state index contributed by atoms with van der Waals surface area (Å²) in [5.41, 5.74) is 5.75. The molecule has 1 aliphatic carbocycles. The number of nitrogens with two attached hydrogens (primary N) is 1. The van der Waals surface area contributed by atoms with Gasteiger partial charge in [-0.25, -0.2) is 0 Å². The van der Waals surface area contributed by atoms with E-state index in [9.17, 15) is 4.79 Å². The highest BCUT2D eigenvalue weighted by molar-refractivity contribution is 5.85. The first-order valence-corrected chi connectivity index (χ1v) is 6.09. The minimum atomic E-state index is -0.396. The van der Waals surface area contributed by atoms with Gasteiger partial charge in [0.15, 0.2) is 0 Å². The van der Waals surface area contributed by atoms with E-state index in [0.717, 1.165) is 19.3 Å². The van der Waals surface area contributed by atoms with Gasteiger partial charge in [-0.15, -0.1) is 12.4 Å². The third-order valence-corrected chi connectivity index (χ3v) is 3.20. The predicted molar refractivity (Wildman–Crippen MR) is 67.6 cm³/mol. The monoisotopic (exact) mass is 249 g/mol. The molecule has 2 N–H and O–H groups in total. The second-order valence-corrected chi connectivity index (χ2v) is 4.60. The Hall–Kier alpha value is -0.280. The van der Waals surface area contributed by atoms with Gasteiger partial charge < -0.3 is 10.5 Å². The van der Waals surface area contributed by atoms with Gasteiger partial charge in [-0.3, -0.25) is 4.79 Å². The van der Waals surface area contributed by atoms with Crippen LogP contribution in [0.2, 0.25) is 0 Å². The summed E-state index contributed by atoms with van der Waals surface area (Å²) in [7, 11) is 0. The standard InChI is InChI=1S/C12H23NO2.ClH/c1-3-9(4-2)8-15-12(14)11(13)7-10-5-6-10;/h9-11H,3-8,13H2,1-2H3;1H. The van der Waals surface area contributed by atoms with Crippen molar-refractivity contribution in [2.24, 2.45) is 17.6 Å². The zero-order valence-corrected chi connectivity index (χ0v) is 11.1. The number of ether oxygens (including phenoxy) is 1. The molecule has 0 aliphatic heterocycles. The van der Waals surface area contributed by atoms with E-state index in [1.165, 1.54) is 12.8 Å². The van der Waals surface area contributed by atoms with Crippen molar-refractivity contribution in [3.63, 3.8) is 0 Å². The maximum atomic E-state index is 11.5. The number of rotatable bonds is 7. The fourth-order valence-corrected chi connectivity index (χ4v) is 1.64. The van der Waals surface area contributed by atoms with Crippen molar-refractivity contribution >= 4 is 18.4 Å². The van der Waals surface area contributed by atoms with Crippen LogP contribution in [0.3, 0.4) is 0 Å². The van der Waals surface area contributed by atoms with Crippen molar-refractivity contribution in [3.05, 3.63) is 0 Å². The lowest BCUT2D eigenvalue weighted by atomic mass is 10.1. The molecule has 0 aromatic heterocycles. The fraction of sp³-hybridized carbons (Fsp3) is 0.917. The molecule has 1 saturated carbocycles. The van der Waals surface area contributed by atoms with Crippen molar-refractivity contribution in [2.45, 2.75) is 52.0 Å².